The first-order valence-electron chi connectivity index (χ1n) is 8.32. The number of rotatable bonds is 4. The van der Waals surface area contributed by atoms with Crippen LogP contribution in [0.1, 0.15) is 26.4 Å². The predicted molar refractivity (Wildman–Crippen MR) is 108 cm³/mol. The average molecular weight is 380 g/mol. The number of para-hydroxylation sites is 1. The zero-order valence-electron chi connectivity index (χ0n) is 14.9. The molecular formula is C21H18ClN3O2. The second kappa shape index (κ2) is 8.01. The molecule has 0 saturated carbocycles. The van der Waals surface area contributed by atoms with Gasteiger partial charge in [-0.15, -0.1) is 0 Å². The Hall–Kier alpha value is -3.18. The highest BCUT2D eigenvalue weighted by Crippen LogP contribution is 2.21. The molecule has 27 heavy (non-hydrogen) atoms. The first-order valence-corrected chi connectivity index (χ1v) is 8.70. The molecule has 2 aromatic carbocycles. The SMILES string of the molecule is Cc1ccc(NC(=O)c2cc(C(=O)N(C)c3ccccc3)ccn2)cc1Cl. The first kappa shape index (κ1) is 18.6. The fraction of sp³-hybridized carbons (Fsp3) is 0.0952. The Labute approximate surface area is 162 Å². The van der Waals surface area contributed by atoms with Crippen LogP contribution >= 0.6 is 11.6 Å². The molecule has 3 aromatic rings. The summed E-state index contributed by atoms with van der Waals surface area (Å²) in [7, 11) is 1.69. The van der Waals surface area contributed by atoms with Crippen LogP contribution in [-0.4, -0.2) is 23.8 Å². The number of nitrogens with one attached hydrogen (secondary N) is 1. The molecule has 2 amide bonds. The lowest BCUT2D eigenvalue weighted by atomic mass is 10.1. The predicted octanol–water partition coefficient (Wildman–Crippen LogP) is 4.57. The summed E-state index contributed by atoms with van der Waals surface area (Å²) in [5.74, 6) is -0.636. The normalized spacial score (nSPS) is 10.3. The number of benzene rings is 2. The summed E-state index contributed by atoms with van der Waals surface area (Å²) in [6.07, 6.45) is 1.45. The molecular weight excluding hydrogens is 362 g/mol. The van der Waals surface area contributed by atoms with E-state index in [1.54, 1.807) is 25.2 Å². The van der Waals surface area contributed by atoms with Gasteiger partial charge < -0.3 is 10.2 Å². The minimum atomic E-state index is -0.410. The number of aryl methyl sites for hydroxylation is 1. The molecule has 0 radical (unpaired) electrons. The lowest BCUT2D eigenvalue weighted by Crippen LogP contribution is -2.26. The average Bonchev–Trinajstić information content (AvgIpc) is 2.70. The van der Waals surface area contributed by atoms with Crippen molar-refractivity contribution in [2.75, 3.05) is 17.3 Å². The lowest BCUT2D eigenvalue weighted by molar-refractivity contribution is 0.0993. The fourth-order valence-corrected chi connectivity index (χ4v) is 2.70. The lowest BCUT2D eigenvalue weighted by Gasteiger charge is -2.17. The van der Waals surface area contributed by atoms with E-state index in [2.05, 4.69) is 10.3 Å². The summed E-state index contributed by atoms with van der Waals surface area (Å²) >= 11 is 6.09. The van der Waals surface area contributed by atoms with Crippen LogP contribution in [0.2, 0.25) is 5.02 Å². The van der Waals surface area contributed by atoms with E-state index >= 15 is 0 Å². The number of halogens is 1. The Morgan fingerprint density at radius 1 is 1.04 bits per heavy atom. The highest BCUT2D eigenvalue weighted by molar-refractivity contribution is 6.31. The van der Waals surface area contributed by atoms with Gasteiger partial charge in [-0.05, 0) is 48.9 Å². The van der Waals surface area contributed by atoms with E-state index in [0.717, 1.165) is 11.3 Å². The molecule has 0 spiro atoms. The fourth-order valence-electron chi connectivity index (χ4n) is 2.52. The van der Waals surface area contributed by atoms with Gasteiger partial charge in [0.15, 0.2) is 0 Å². The number of hydrogen-bond acceptors (Lipinski definition) is 3. The topological polar surface area (TPSA) is 62.3 Å². The summed E-state index contributed by atoms with van der Waals surface area (Å²) in [4.78, 5) is 30.8. The van der Waals surface area contributed by atoms with E-state index in [1.165, 1.54) is 17.2 Å². The molecule has 0 fully saturated rings. The van der Waals surface area contributed by atoms with Crippen molar-refractivity contribution in [2.45, 2.75) is 6.92 Å². The van der Waals surface area contributed by atoms with E-state index in [9.17, 15) is 9.59 Å². The molecule has 0 unspecified atom stereocenters. The number of carbonyl (C=O) groups excluding carboxylic acids is 2. The van der Waals surface area contributed by atoms with Gasteiger partial charge in [0.25, 0.3) is 11.8 Å². The van der Waals surface area contributed by atoms with Crippen LogP contribution in [0.3, 0.4) is 0 Å². The zero-order valence-corrected chi connectivity index (χ0v) is 15.7. The summed E-state index contributed by atoms with van der Waals surface area (Å²) in [6, 6.07) is 17.6. The molecule has 1 N–H and O–H groups in total. The number of nitrogens with zero attached hydrogens (tertiary/aromatic N) is 2. The van der Waals surface area contributed by atoms with Crippen LogP contribution < -0.4 is 10.2 Å². The second-order valence-corrected chi connectivity index (χ2v) is 6.45. The third kappa shape index (κ3) is 4.33. The smallest absolute Gasteiger partial charge is 0.274 e. The van der Waals surface area contributed by atoms with Gasteiger partial charge in [-0.3, -0.25) is 14.6 Å². The number of anilines is 2. The minimum Gasteiger partial charge on any atom is -0.321 e. The molecule has 0 bridgehead atoms. The molecule has 136 valence electrons. The molecule has 1 heterocycles. The largest absolute Gasteiger partial charge is 0.321 e. The third-order valence-corrected chi connectivity index (χ3v) is 4.52. The summed E-state index contributed by atoms with van der Waals surface area (Å²) < 4.78 is 0. The van der Waals surface area contributed by atoms with Gasteiger partial charge in [-0.2, -0.15) is 0 Å². The molecule has 0 aliphatic rings. The quantitative estimate of drug-likeness (QED) is 0.722. The van der Waals surface area contributed by atoms with Gasteiger partial charge in [0, 0.05) is 35.2 Å². The standard InChI is InChI=1S/C21H18ClN3O2/c1-14-8-9-16(13-18(14)22)24-20(26)19-12-15(10-11-23-19)21(27)25(2)17-6-4-3-5-7-17/h3-13H,1-2H3,(H,24,26). The summed E-state index contributed by atoms with van der Waals surface area (Å²) in [5.41, 5.74) is 2.78. The third-order valence-electron chi connectivity index (χ3n) is 4.12. The van der Waals surface area contributed by atoms with Gasteiger partial charge in [-0.1, -0.05) is 35.9 Å². The molecule has 6 heteroatoms. The monoisotopic (exact) mass is 379 g/mol. The molecule has 5 nitrogen and oxygen atoms in total. The Bertz CT molecular complexity index is 990. The number of carbonyl (C=O) groups is 2. The molecule has 1 aromatic heterocycles. The van der Waals surface area contributed by atoms with E-state index in [0.29, 0.717) is 16.3 Å². The second-order valence-electron chi connectivity index (χ2n) is 6.05. The van der Waals surface area contributed by atoms with Gasteiger partial charge in [0.1, 0.15) is 5.69 Å². The van der Waals surface area contributed by atoms with Gasteiger partial charge in [0.2, 0.25) is 0 Å². The molecule has 0 atom stereocenters. The van der Waals surface area contributed by atoms with Crippen molar-refractivity contribution in [2.24, 2.45) is 0 Å². The van der Waals surface area contributed by atoms with Crippen molar-refractivity contribution in [3.05, 3.63) is 88.7 Å². The Morgan fingerprint density at radius 3 is 2.48 bits per heavy atom. The van der Waals surface area contributed by atoms with Crippen molar-refractivity contribution in [3.63, 3.8) is 0 Å². The van der Waals surface area contributed by atoms with Gasteiger partial charge >= 0.3 is 0 Å². The summed E-state index contributed by atoms with van der Waals surface area (Å²) in [6.45, 7) is 1.88. The van der Waals surface area contributed by atoms with E-state index in [1.807, 2.05) is 43.3 Å². The number of pyridine rings is 1. The Kier molecular flexibility index (Phi) is 5.52. The molecule has 0 aliphatic carbocycles. The minimum absolute atomic E-state index is 0.152. The first-order chi connectivity index (χ1) is 13.0. The van der Waals surface area contributed by atoms with Crippen molar-refractivity contribution in [1.29, 1.82) is 0 Å². The van der Waals surface area contributed by atoms with Crippen LogP contribution in [0.25, 0.3) is 0 Å². The van der Waals surface area contributed by atoms with Crippen LogP contribution in [0.5, 0.6) is 0 Å². The molecule has 0 saturated heterocycles. The van der Waals surface area contributed by atoms with Crippen LogP contribution in [0.4, 0.5) is 11.4 Å². The maximum absolute atomic E-state index is 12.7. The van der Waals surface area contributed by atoms with Gasteiger partial charge in [0.05, 0.1) is 0 Å². The van der Waals surface area contributed by atoms with Crippen molar-refractivity contribution in [1.82, 2.24) is 4.98 Å². The van der Waals surface area contributed by atoms with E-state index in [4.69, 9.17) is 11.6 Å². The maximum atomic E-state index is 12.7. The molecule has 0 aliphatic heterocycles. The van der Waals surface area contributed by atoms with Crippen molar-refractivity contribution in [3.8, 4) is 0 Å². The maximum Gasteiger partial charge on any atom is 0.274 e. The highest BCUT2D eigenvalue weighted by Gasteiger charge is 2.16. The van der Waals surface area contributed by atoms with Crippen LogP contribution in [0, 0.1) is 6.92 Å². The van der Waals surface area contributed by atoms with E-state index < -0.39 is 5.91 Å². The number of amides is 2. The Morgan fingerprint density at radius 2 is 1.78 bits per heavy atom. The zero-order chi connectivity index (χ0) is 19.4. The van der Waals surface area contributed by atoms with Crippen LogP contribution in [-0.2, 0) is 0 Å². The van der Waals surface area contributed by atoms with Gasteiger partial charge in [-0.25, -0.2) is 0 Å². The summed E-state index contributed by atoms with van der Waals surface area (Å²) in [5, 5.41) is 3.31. The van der Waals surface area contributed by atoms with Crippen molar-refractivity contribution < 1.29 is 9.59 Å². The van der Waals surface area contributed by atoms with E-state index in [-0.39, 0.29) is 11.6 Å². The number of aromatic nitrogens is 1. The van der Waals surface area contributed by atoms with Crippen molar-refractivity contribution >= 4 is 34.8 Å². The molecule has 3 rings (SSSR count). The Balaban J connectivity index is 1.79. The number of hydrogen-bond donors (Lipinski definition) is 1. The van der Waals surface area contributed by atoms with Crippen LogP contribution in [0.15, 0.2) is 66.9 Å². The highest BCUT2D eigenvalue weighted by atomic mass is 35.5.